The zero-order valence-corrected chi connectivity index (χ0v) is 23.1. The van der Waals surface area contributed by atoms with Crippen LogP contribution < -0.4 is 5.56 Å². The lowest BCUT2D eigenvalue weighted by Crippen LogP contribution is -2.42. The highest BCUT2D eigenvalue weighted by Gasteiger charge is 2.41. The molecule has 2 aromatic heterocycles. The lowest BCUT2D eigenvalue weighted by atomic mass is 9.77. The summed E-state index contributed by atoms with van der Waals surface area (Å²) in [5.74, 6) is 0.940. The first kappa shape index (κ1) is 26.5. The molecule has 2 fully saturated rings. The molecule has 0 saturated carbocycles. The second kappa shape index (κ2) is 11.3. The van der Waals surface area contributed by atoms with E-state index in [2.05, 4.69) is 43.5 Å². The predicted molar refractivity (Wildman–Crippen MR) is 152 cm³/mol. The molecular weight excluding hydrogens is 522 g/mol. The third kappa shape index (κ3) is 5.67. The molecule has 2 aliphatic heterocycles. The lowest BCUT2D eigenvalue weighted by Gasteiger charge is -2.39. The summed E-state index contributed by atoms with van der Waals surface area (Å²) in [7, 11) is 0. The summed E-state index contributed by atoms with van der Waals surface area (Å²) in [6.45, 7) is 11.0. The van der Waals surface area contributed by atoms with E-state index in [9.17, 15) is 4.79 Å². The Balaban J connectivity index is 1.32. The fourth-order valence-corrected chi connectivity index (χ4v) is 6.18. The molecule has 9 nitrogen and oxygen atoms in total. The average Bonchev–Trinajstić information content (AvgIpc) is 3.29. The van der Waals surface area contributed by atoms with Crippen molar-refractivity contribution >= 4 is 46.8 Å². The van der Waals surface area contributed by atoms with E-state index in [4.69, 9.17) is 16.3 Å². The first-order valence-electron chi connectivity index (χ1n) is 12.6. The Kier molecular flexibility index (Phi) is 7.92. The molecule has 0 unspecified atom stereocenters. The molecular formula is C27H30ClN7O2S. The van der Waals surface area contributed by atoms with Crippen molar-refractivity contribution in [3.8, 4) is 0 Å². The molecule has 0 radical (unpaired) electrons. The molecule has 2 saturated heterocycles. The third-order valence-electron chi connectivity index (χ3n) is 7.28. The second-order valence-corrected chi connectivity index (χ2v) is 11.3. The van der Waals surface area contributed by atoms with Crippen molar-refractivity contribution in [2.24, 2.45) is 15.4 Å². The third-order valence-corrected chi connectivity index (χ3v) is 8.79. The molecule has 11 heteroatoms. The lowest BCUT2D eigenvalue weighted by molar-refractivity contribution is 0.0841. The van der Waals surface area contributed by atoms with E-state index in [-0.39, 0.29) is 12.1 Å². The summed E-state index contributed by atoms with van der Waals surface area (Å²) in [6, 6.07) is 5.37. The highest BCUT2D eigenvalue weighted by atomic mass is 35.5. The van der Waals surface area contributed by atoms with E-state index in [1.807, 2.05) is 13.0 Å². The number of amidine groups is 1. The maximum absolute atomic E-state index is 13.3. The van der Waals surface area contributed by atoms with Gasteiger partial charge in [0.25, 0.3) is 5.56 Å². The van der Waals surface area contributed by atoms with Crippen LogP contribution in [0.5, 0.6) is 0 Å². The van der Waals surface area contributed by atoms with Gasteiger partial charge in [-0.25, -0.2) is 19.9 Å². The first-order chi connectivity index (χ1) is 18.4. The van der Waals surface area contributed by atoms with Gasteiger partial charge in [-0.2, -0.15) is 0 Å². The topological polar surface area (TPSA) is 97.9 Å². The minimum atomic E-state index is -0.239. The van der Waals surface area contributed by atoms with E-state index < -0.39 is 0 Å². The zero-order valence-electron chi connectivity index (χ0n) is 21.5. The van der Waals surface area contributed by atoms with Crippen molar-refractivity contribution in [2.45, 2.75) is 50.7 Å². The van der Waals surface area contributed by atoms with E-state index >= 15 is 0 Å². The average molecular weight is 552 g/mol. The number of aromatic nitrogens is 4. The number of likely N-dealkylation sites (tertiary alicyclic amines) is 1. The van der Waals surface area contributed by atoms with Gasteiger partial charge in [-0.3, -0.25) is 14.4 Å². The van der Waals surface area contributed by atoms with Crippen LogP contribution in [0.2, 0.25) is 5.02 Å². The summed E-state index contributed by atoms with van der Waals surface area (Å²) in [4.78, 5) is 37.6. The van der Waals surface area contributed by atoms with Crippen molar-refractivity contribution in [3.05, 3.63) is 69.3 Å². The fraction of sp³-hybridized carbons (Fsp3) is 0.407. The maximum Gasteiger partial charge on any atom is 0.263 e. The van der Waals surface area contributed by atoms with E-state index in [1.165, 1.54) is 29.0 Å². The van der Waals surface area contributed by atoms with Gasteiger partial charge in [0.15, 0.2) is 0 Å². The number of aliphatic imine (C=N–C) groups is 2. The van der Waals surface area contributed by atoms with Gasteiger partial charge in [-0.05, 0) is 63.4 Å². The normalized spacial score (nSPS) is 19.9. The summed E-state index contributed by atoms with van der Waals surface area (Å²) in [6.07, 6.45) is 10.0. The molecule has 0 amide bonds. The Labute approximate surface area is 230 Å². The number of halogens is 1. The molecule has 3 aromatic rings. The molecule has 0 bridgehead atoms. The molecule has 5 rings (SSSR count). The number of fused-ring (bicyclic) bond motifs is 1. The Morgan fingerprint density at radius 1 is 1.32 bits per heavy atom. The van der Waals surface area contributed by atoms with Crippen LogP contribution in [0, 0.1) is 5.41 Å². The van der Waals surface area contributed by atoms with Crippen LogP contribution in [0.1, 0.15) is 38.8 Å². The van der Waals surface area contributed by atoms with Crippen molar-refractivity contribution in [1.29, 1.82) is 0 Å². The van der Waals surface area contributed by atoms with E-state index in [0.29, 0.717) is 43.1 Å². The van der Waals surface area contributed by atoms with Crippen LogP contribution in [-0.2, 0) is 11.3 Å². The summed E-state index contributed by atoms with van der Waals surface area (Å²) in [5.41, 5.74) is 1.32. The van der Waals surface area contributed by atoms with Gasteiger partial charge < -0.3 is 9.64 Å². The van der Waals surface area contributed by atoms with Gasteiger partial charge in [-0.1, -0.05) is 23.4 Å². The number of thioether (sulfide) groups is 1. The number of rotatable bonds is 6. The molecule has 1 atom stereocenters. The molecule has 2 aliphatic rings. The molecule has 1 spiro atoms. The van der Waals surface area contributed by atoms with Crippen molar-refractivity contribution < 1.29 is 4.74 Å². The molecule has 198 valence electrons. The van der Waals surface area contributed by atoms with Gasteiger partial charge >= 0.3 is 0 Å². The number of benzene rings is 1. The second-order valence-electron chi connectivity index (χ2n) is 9.87. The van der Waals surface area contributed by atoms with Gasteiger partial charge in [-0.15, -0.1) is 0 Å². The minimum Gasteiger partial charge on any atom is -0.378 e. The van der Waals surface area contributed by atoms with Crippen LogP contribution >= 0.6 is 23.4 Å². The molecule has 1 aromatic carbocycles. The molecule has 4 heterocycles. The monoisotopic (exact) mass is 551 g/mol. The maximum atomic E-state index is 13.3. The molecule has 0 aliphatic carbocycles. The molecule has 0 N–H and O–H groups in total. The quantitative estimate of drug-likeness (QED) is 0.247. The Hall–Kier alpha value is -3.08. The minimum absolute atomic E-state index is 0.239. The summed E-state index contributed by atoms with van der Waals surface area (Å²) < 4.78 is 7.34. The van der Waals surface area contributed by atoms with Crippen LogP contribution in [0.15, 0.2) is 68.0 Å². The fourth-order valence-electron chi connectivity index (χ4n) is 5.11. The summed E-state index contributed by atoms with van der Waals surface area (Å²) in [5, 5.41) is 1.26. The van der Waals surface area contributed by atoms with E-state index in [0.717, 1.165) is 44.8 Å². The summed E-state index contributed by atoms with van der Waals surface area (Å²) >= 11 is 8.05. The van der Waals surface area contributed by atoms with Crippen molar-refractivity contribution in [2.75, 3.05) is 19.7 Å². The highest BCUT2D eigenvalue weighted by molar-refractivity contribution is 8.03. The van der Waals surface area contributed by atoms with Crippen LogP contribution in [0.3, 0.4) is 0 Å². The largest absolute Gasteiger partial charge is 0.378 e. The number of hydrogen-bond donors (Lipinski definition) is 0. The van der Waals surface area contributed by atoms with Crippen molar-refractivity contribution in [3.63, 3.8) is 0 Å². The van der Waals surface area contributed by atoms with Crippen molar-refractivity contribution in [1.82, 2.24) is 24.4 Å². The SMILES string of the molecule is C=N/C(=C\N=C(/C)N1CCC2(CC1)CO[C@@H](C)C2)Sc1ccc2ncn(Cc3ccncn3)c(=O)c2c1Cl. The van der Waals surface area contributed by atoms with Crippen LogP contribution in [-0.4, -0.2) is 62.8 Å². The molecule has 38 heavy (non-hydrogen) atoms. The van der Waals surface area contributed by atoms with Gasteiger partial charge in [0.2, 0.25) is 0 Å². The van der Waals surface area contributed by atoms with Gasteiger partial charge in [0.05, 0.1) is 53.4 Å². The first-order valence-corrected chi connectivity index (χ1v) is 13.8. The highest BCUT2D eigenvalue weighted by Crippen LogP contribution is 2.42. The van der Waals surface area contributed by atoms with Crippen LogP contribution in [0.4, 0.5) is 0 Å². The number of nitrogens with zero attached hydrogens (tertiary/aromatic N) is 7. The number of piperidine rings is 1. The smallest absolute Gasteiger partial charge is 0.263 e. The van der Waals surface area contributed by atoms with Crippen LogP contribution in [0.25, 0.3) is 10.9 Å². The standard InChI is InChI=1S/C27H30ClN7O2S/c1-18-12-27(15-37-18)7-10-34(11-8-27)19(2)31-13-23(29-3)38-22-5-4-21-24(25(22)28)26(36)35(17-33-21)14-20-6-9-30-16-32-20/h4-6,9,13,16-18H,3,7-8,10-12,14-15H2,1-2H3/b23-13+,31-19+/t18-/m0/s1. The number of hydrogen-bond acceptors (Lipinski definition) is 8. The Bertz CT molecular complexity index is 1450. The Morgan fingerprint density at radius 2 is 2.13 bits per heavy atom. The number of ether oxygens (including phenoxy) is 1. The Morgan fingerprint density at radius 3 is 2.82 bits per heavy atom. The predicted octanol–water partition coefficient (Wildman–Crippen LogP) is 4.79. The van der Waals surface area contributed by atoms with Gasteiger partial charge in [0.1, 0.15) is 17.2 Å². The van der Waals surface area contributed by atoms with Gasteiger partial charge in [0, 0.05) is 24.2 Å². The zero-order chi connectivity index (χ0) is 26.7. The van der Waals surface area contributed by atoms with E-state index in [1.54, 1.807) is 24.5 Å².